The van der Waals surface area contributed by atoms with Crippen molar-refractivity contribution in [2.75, 3.05) is 11.9 Å². The molecule has 0 aliphatic rings. The van der Waals surface area contributed by atoms with Gasteiger partial charge in [-0.1, -0.05) is 19.4 Å². The fraction of sp³-hybridized carbons (Fsp3) is 0.211. The number of unbranched alkanes of at least 4 members (excludes halogenated alkanes) is 1. The number of benzene rings is 1. The number of anilines is 1. The van der Waals surface area contributed by atoms with Gasteiger partial charge < -0.3 is 4.74 Å². The number of hydrogen-bond donors (Lipinski definition) is 1. The lowest BCUT2D eigenvalue weighted by Gasteiger charge is -2.07. The van der Waals surface area contributed by atoms with Gasteiger partial charge >= 0.3 is 0 Å². The molecule has 0 saturated carbocycles. The normalized spacial score (nSPS) is 10.4. The first-order chi connectivity index (χ1) is 12.3. The van der Waals surface area contributed by atoms with E-state index < -0.39 is 0 Å². The molecule has 0 atom stereocenters. The Morgan fingerprint density at radius 3 is 2.88 bits per heavy atom. The highest BCUT2D eigenvalue weighted by Crippen LogP contribution is 2.25. The van der Waals surface area contributed by atoms with Crippen molar-refractivity contribution < 1.29 is 9.53 Å². The summed E-state index contributed by atoms with van der Waals surface area (Å²) in [6, 6.07) is 11.0. The van der Waals surface area contributed by atoms with Crippen LogP contribution in [0.1, 0.15) is 30.1 Å². The van der Waals surface area contributed by atoms with Crippen molar-refractivity contribution >= 4 is 22.4 Å². The summed E-state index contributed by atoms with van der Waals surface area (Å²) in [5.41, 5.74) is 2.34. The number of carbonyl (C=O) groups excluding carboxylic acids is 1. The second-order valence-electron chi connectivity index (χ2n) is 5.46. The Morgan fingerprint density at radius 1 is 1.24 bits per heavy atom. The third-order valence-electron chi connectivity index (χ3n) is 3.56. The van der Waals surface area contributed by atoms with Crippen LogP contribution in [0.25, 0.3) is 11.3 Å². The first kappa shape index (κ1) is 17.1. The Balaban J connectivity index is 1.66. The summed E-state index contributed by atoms with van der Waals surface area (Å²) in [6.07, 6.45) is 5.51. The molecule has 128 valence electrons. The highest BCUT2D eigenvalue weighted by molar-refractivity contribution is 7.14. The van der Waals surface area contributed by atoms with Crippen LogP contribution in [-0.2, 0) is 0 Å². The van der Waals surface area contributed by atoms with Gasteiger partial charge in [0.05, 0.1) is 12.3 Å². The molecule has 3 aromatic rings. The second kappa shape index (κ2) is 8.39. The molecule has 0 unspecified atom stereocenters. The summed E-state index contributed by atoms with van der Waals surface area (Å²) in [4.78, 5) is 20.9. The lowest BCUT2D eigenvalue weighted by Crippen LogP contribution is -2.11. The van der Waals surface area contributed by atoms with E-state index in [1.165, 1.54) is 11.3 Å². The van der Waals surface area contributed by atoms with E-state index in [2.05, 4.69) is 22.2 Å². The van der Waals surface area contributed by atoms with Crippen LogP contribution >= 0.6 is 11.3 Å². The quantitative estimate of drug-likeness (QED) is 0.629. The van der Waals surface area contributed by atoms with Crippen LogP contribution in [-0.4, -0.2) is 22.5 Å². The molecular formula is C19H19N3O2S. The van der Waals surface area contributed by atoms with Gasteiger partial charge in [-0.3, -0.25) is 15.1 Å². The predicted molar refractivity (Wildman–Crippen MR) is 100 cm³/mol. The zero-order valence-electron chi connectivity index (χ0n) is 13.9. The molecule has 0 aliphatic carbocycles. The number of nitrogens with zero attached hydrogens (tertiary/aromatic N) is 2. The minimum absolute atomic E-state index is 0.198. The molecule has 2 heterocycles. The lowest BCUT2D eigenvalue weighted by atomic mass is 10.2. The van der Waals surface area contributed by atoms with Gasteiger partial charge in [-0.15, -0.1) is 11.3 Å². The van der Waals surface area contributed by atoms with Gasteiger partial charge in [-0.05, 0) is 36.8 Å². The molecule has 25 heavy (non-hydrogen) atoms. The number of pyridine rings is 1. The number of hydrogen-bond acceptors (Lipinski definition) is 5. The molecule has 0 fully saturated rings. The lowest BCUT2D eigenvalue weighted by molar-refractivity contribution is 0.102. The Bertz CT molecular complexity index is 833. The third kappa shape index (κ3) is 4.64. The summed E-state index contributed by atoms with van der Waals surface area (Å²) in [6.45, 7) is 2.77. The van der Waals surface area contributed by atoms with Crippen LogP contribution < -0.4 is 10.1 Å². The Hall–Kier alpha value is -2.73. The second-order valence-corrected chi connectivity index (χ2v) is 6.32. The molecule has 3 rings (SSSR count). The van der Waals surface area contributed by atoms with Crippen LogP contribution in [0, 0.1) is 0 Å². The van der Waals surface area contributed by atoms with Crippen LogP contribution in [0.3, 0.4) is 0 Å². The fourth-order valence-electron chi connectivity index (χ4n) is 2.22. The molecule has 1 amide bonds. The Morgan fingerprint density at radius 2 is 2.08 bits per heavy atom. The maximum atomic E-state index is 12.4. The molecule has 1 aromatic carbocycles. The van der Waals surface area contributed by atoms with Crippen LogP contribution in [0.5, 0.6) is 5.75 Å². The zero-order valence-corrected chi connectivity index (χ0v) is 14.8. The minimum Gasteiger partial charge on any atom is -0.494 e. The number of thiazole rings is 1. The van der Waals surface area contributed by atoms with Crippen LogP contribution in [0.2, 0.25) is 0 Å². The van der Waals surface area contributed by atoms with Crippen molar-refractivity contribution in [2.45, 2.75) is 19.8 Å². The van der Waals surface area contributed by atoms with Crippen molar-refractivity contribution in [1.82, 2.24) is 9.97 Å². The average molecular weight is 353 g/mol. The average Bonchev–Trinajstić information content (AvgIpc) is 3.11. The third-order valence-corrected chi connectivity index (χ3v) is 4.32. The van der Waals surface area contributed by atoms with Crippen molar-refractivity contribution in [1.29, 1.82) is 0 Å². The number of amides is 1. The van der Waals surface area contributed by atoms with Crippen LogP contribution in [0.4, 0.5) is 5.13 Å². The Labute approximate surface area is 150 Å². The van der Waals surface area contributed by atoms with Crippen molar-refractivity contribution in [2.24, 2.45) is 0 Å². The van der Waals surface area contributed by atoms with E-state index in [1.807, 2.05) is 29.6 Å². The van der Waals surface area contributed by atoms with E-state index in [4.69, 9.17) is 4.74 Å². The molecule has 0 radical (unpaired) electrons. The van der Waals surface area contributed by atoms with Gasteiger partial charge in [0.15, 0.2) is 5.13 Å². The standard InChI is InChI=1S/C19H19N3O2S/c1-2-3-11-24-16-6-4-5-15(12-16)18(23)22-19-21-17(13-25-19)14-7-9-20-10-8-14/h4-10,12-13H,2-3,11H2,1H3,(H,21,22,23). The summed E-state index contributed by atoms with van der Waals surface area (Å²) in [5, 5.41) is 5.32. The first-order valence-corrected chi connectivity index (χ1v) is 9.04. The molecule has 2 aromatic heterocycles. The summed E-state index contributed by atoms with van der Waals surface area (Å²) < 4.78 is 5.65. The topological polar surface area (TPSA) is 64.1 Å². The molecule has 0 bridgehead atoms. The molecule has 0 saturated heterocycles. The summed E-state index contributed by atoms with van der Waals surface area (Å²) in [7, 11) is 0. The number of carbonyl (C=O) groups is 1. The zero-order chi connectivity index (χ0) is 17.5. The monoisotopic (exact) mass is 353 g/mol. The highest BCUT2D eigenvalue weighted by Gasteiger charge is 2.11. The predicted octanol–water partition coefficient (Wildman–Crippen LogP) is 4.64. The van der Waals surface area contributed by atoms with Gasteiger partial charge in [-0.2, -0.15) is 0 Å². The first-order valence-electron chi connectivity index (χ1n) is 8.16. The van der Waals surface area contributed by atoms with E-state index in [-0.39, 0.29) is 5.91 Å². The largest absolute Gasteiger partial charge is 0.494 e. The van der Waals surface area contributed by atoms with Crippen molar-refractivity contribution in [3.05, 3.63) is 59.7 Å². The molecule has 1 N–H and O–H groups in total. The van der Waals surface area contributed by atoms with Crippen molar-refractivity contribution in [3.8, 4) is 17.0 Å². The Kier molecular flexibility index (Phi) is 5.74. The maximum Gasteiger partial charge on any atom is 0.257 e. The molecule has 5 nitrogen and oxygen atoms in total. The number of nitrogens with one attached hydrogen (secondary N) is 1. The summed E-state index contributed by atoms with van der Waals surface area (Å²) >= 11 is 1.39. The van der Waals surface area contributed by atoms with E-state index in [1.54, 1.807) is 24.5 Å². The van der Waals surface area contributed by atoms with E-state index in [0.29, 0.717) is 23.1 Å². The fourth-order valence-corrected chi connectivity index (χ4v) is 2.93. The van der Waals surface area contributed by atoms with E-state index in [0.717, 1.165) is 24.1 Å². The minimum atomic E-state index is -0.198. The maximum absolute atomic E-state index is 12.4. The van der Waals surface area contributed by atoms with Gasteiger partial charge in [-0.25, -0.2) is 4.98 Å². The molecule has 6 heteroatoms. The van der Waals surface area contributed by atoms with E-state index in [9.17, 15) is 4.79 Å². The van der Waals surface area contributed by atoms with Gasteiger partial charge in [0.1, 0.15) is 5.75 Å². The number of rotatable bonds is 7. The van der Waals surface area contributed by atoms with Crippen molar-refractivity contribution in [3.63, 3.8) is 0 Å². The molecular weight excluding hydrogens is 334 g/mol. The SMILES string of the molecule is CCCCOc1cccc(C(=O)Nc2nc(-c3ccncc3)cs2)c1. The molecule has 0 aliphatic heterocycles. The van der Waals surface area contributed by atoms with Gasteiger partial charge in [0.2, 0.25) is 0 Å². The number of ether oxygens (including phenoxy) is 1. The highest BCUT2D eigenvalue weighted by atomic mass is 32.1. The smallest absolute Gasteiger partial charge is 0.257 e. The molecule has 0 spiro atoms. The van der Waals surface area contributed by atoms with Gasteiger partial charge in [0.25, 0.3) is 5.91 Å². The van der Waals surface area contributed by atoms with E-state index >= 15 is 0 Å². The summed E-state index contributed by atoms with van der Waals surface area (Å²) in [5.74, 6) is 0.509. The van der Waals surface area contributed by atoms with Crippen LogP contribution in [0.15, 0.2) is 54.2 Å². The number of aromatic nitrogens is 2. The van der Waals surface area contributed by atoms with Gasteiger partial charge in [0, 0.05) is 28.9 Å².